The van der Waals surface area contributed by atoms with Gasteiger partial charge in [0.1, 0.15) is 0 Å². The summed E-state index contributed by atoms with van der Waals surface area (Å²) in [6, 6.07) is 5.82. The van der Waals surface area contributed by atoms with Crippen LogP contribution in [0.2, 0.25) is 0 Å². The van der Waals surface area contributed by atoms with E-state index in [9.17, 15) is 5.11 Å². The van der Waals surface area contributed by atoms with Crippen LogP contribution >= 0.6 is 15.9 Å². The number of aromatic nitrogens is 1. The van der Waals surface area contributed by atoms with Gasteiger partial charge in [0.15, 0.2) is 0 Å². The highest BCUT2D eigenvalue weighted by Gasteiger charge is 2.20. The summed E-state index contributed by atoms with van der Waals surface area (Å²) in [5.74, 6) is 0. The highest BCUT2D eigenvalue weighted by atomic mass is 79.9. The third-order valence-corrected chi connectivity index (χ3v) is 3.84. The van der Waals surface area contributed by atoms with Crippen molar-refractivity contribution < 1.29 is 9.84 Å². The van der Waals surface area contributed by atoms with E-state index in [0.717, 1.165) is 21.1 Å². The van der Waals surface area contributed by atoms with Crippen molar-refractivity contribution in [3.8, 4) is 0 Å². The Hall–Kier alpha value is -1.37. The van der Waals surface area contributed by atoms with Gasteiger partial charge in [0, 0.05) is 36.5 Å². The van der Waals surface area contributed by atoms with Crippen LogP contribution in [0, 0.1) is 0 Å². The molecule has 2 rings (SSSR count). The number of benzene rings is 1. The highest BCUT2D eigenvalue weighted by molar-refractivity contribution is 9.10. The molecule has 114 valence electrons. The molecule has 0 bridgehead atoms. The molecule has 0 aliphatic heterocycles. The molecule has 6 heteroatoms. The van der Waals surface area contributed by atoms with Crippen molar-refractivity contribution in [3.63, 3.8) is 0 Å². The van der Waals surface area contributed by atoms with Gasteiger partial charge in [-0.05, 0) is 25.1 Å². The zero-order valence-electron chi connectivity index (χ0n) is 12.2. The van der Waals surface area contributed by atoms with Crippen LogP contribution in [-0.4, -0.2) is 36.0 Å². The normalized spacial score (nSPS) is 14.1. The monoisotopic (exact) mass is 353 g/mol. The predicted molar refractivity (Wildman–Crippen MR) is 89.5 cm³/mol. The molecule has 1 heterocycles. The lowest BCUT2D eigenvalue weighted by Gasteiger charge is -2.24. The third-order valence-electron chi connectivity index (χ3n) is 3.35. The first-order valence-corrected chi connectivity index (χ1v) is 7.51. The topological polar surface area (TPSA) is 80.4 Å². The van der Waals surface area contributed by atoms with Gasteiger partial charge in [-0.15, -0.1) is 0 Å². The molecule has 0 fully saturated rings. The van der Waals surface area contributed by atoms with Crippen LogP contribution in [0.25, 0.3) is 10.9 Å². The predicted octanol–water partition coefficient (Wildman–Crippen LogP) is 2.78. The first-order valence-electron chi connectivity index (χ1n) is 6.72. The Labute approximate surface area is 132 Å². The van der Waals surface area contributed by atoms with E-state index >= 15 is 0 Å². The minimum absolute atomic E-state index is 0.381. The van der Waals surface area contributed by atoms with Gasteiger partial charge in [-0.25, -0.2) is 0 Å². The number of rotatable bonds is 6. The molecule has 0 spiro atoms. The molecule has 0 aliphatic rings. The quantitative estimate of drug-likeness (QED) is 0.743. The number of pyridine rings is 1. The van der Waals surface area contributed by atoms with Gasteiger partial charge >= 0.3 is 0 Å². The van der Waals surface area contributed by atoms with Crippen molar-refractivity contribution in [1.29, 1.82) is 0 Å². The molecule has 0 amide bonds. The number of aliphatic hydroxyl groups is 1. The fourth-order valence-electron chi connectivity index (χ4n) is 2.07. The fraction of sp³-hybridized carbons (Fsp3) is 0.400. The number of ether oxygens (including phenoxy) is 1. The molecule has 0 aliphatic carbocycles. The lowest BCUT2D eigenvalue weighted by atomic mass is 10.0. The maximum atomic E-state index is 10.3. The largest absolute Gasteiger partial charge is 0.396 e. The summed E-state index contributed by atoms with van der Waals surface area (Å²) in [7, 11) is 1.62. The molecule has 2 aromatic rings. The van der Waals surface area contributed by atoms with Gasteiger partial charge in [-0.1, -0.05) is 15.9 Å². The van der Waals surface area contributed by atoms with E-state index in [1.165, 1.54) is 0 Å². The summed E-state index contributed by atoms with van der Waals surface area (Å²) >= 11 is 3.45. The van der Waals surface area contributed by atoms with Crippen LogP contribution in [-0.2, 0) is 4.74 Å². The molecule has 5 nitrogen and oxygen atoms in total. The highest BCUT2D eigenvalue weighted by Crippen LogP contribution is 2.30. The molecule has 0 radical (unpaired) electrons. The van der Waals surface area contributed by atoms with Crippen molar-refractivity contribution >= 4 is 38.2 Å². The fourth-order valence-corrected chi connectivity index (χ4v) is 2.43. The maximum absolute atomic E-state index is 10.3. The van der Waals surface area contributed by atoms with Gasteiger partial charge < -0.3 is 20.9 Å². The zero-order chi connectivity index (χ0) is 15.5. The average molecular weight is 354 g/mol. The van der Waals surface area contributed by atoms with Gasteiger partial charge in [0.2, 0.25) is 0 Å². The second-order valence-electron chi connectivity index (χ2n) is 5.34. The number of nitrogen functional groups attached to an aromatic ring is 1. The Bertz CT molecular complexity index is 626. The Morgan fingerprint density at radius 3 is 2.95 bits per heavy atom. The first kappa shape index (κ1) is 16.0. The van der Waals surface area contributed by atoms with Crippen LogP contribution in [0.5, 0.6) is 0 Å². The molecule has 1 atom stereocenters. The van der Waals surface area contributed by atoms with E-state index in [2.05, 4.69) is 26.2 Å². The smallest absolute Gasteiger partial charge is 0.0813 e. The number of hydrogen-bond acceptors (Lipinski definition) is 5. The summed E-state index contributed by atoms with van der Waals surface area (Å²) in [5.41, 5.74) is 7.35. The van der Waals surface area contributed by atoms with Crippen LogP contribution < -0.4 is 11.1 Å². The van der Waals surface area contributed by atoms with E-state index in [-0.39, 0.29) is 0 Å². The Kier molecular flexibility index (Phi) is 5.03. The second kappa shape index (κ2) is 6.60. The third kappa shape index (κ3) is 4.06. The van der Waals surface area contributed by atoms with E-state index < -0.39 is 5.60 Å². The summed E-state index contributed by atoms with van der Waals surface area (Å²) in [6.45, 7) is 2.66. The number of halogens is 1. The van der Waals surface area contributed by atoms with Crippen molar-refractivity contribution in [2.24, 2.45) is 0 Å². The van der Waals surface area contributed by atoms with Crippen molar-refractivity contribution in [3.05, 3.63) is 28.9 Å². The summed E-state index contributed by atoms with van der Waals surface area (Å²) < 4.78 is 5.97. The number of nitrogens with one attached hydrogen (secondary N) is 1. The van der Waals surface area contributed by atoms with Crippen LogP contribution in [0.4, 0.5) is 11.4 Å². The zero-order valence-corrected chi connectivity index (χ0v) is 13.8. The SMILES string of the molecule is COCCC(C)(O)CNc1c(N)cnc2ccc(Br)cc12. The van der Waals surface area contributed by atoms with Crippen LogP contribution in [0.1, 0.15) is 13.3 Å². The summed E-state index contributed by atoms with van der Waals surface area (Å²) in [5, 5.41) is 14.5. The molecular formula is C15H20BrN3O2. The number of hydrogen-bond donors (Lipinski definition) is 3. The molecule has 4 N–H and O–H groups in total. The van der Waals surface area contributed by atoms with E-state index in [0.29, 0.717) is 25.3 Å². The molecule has 21 heavy (non-hydrogen) atoms. The summed E-state index contributed by atoms with van der Waals surface area (Å²) in [4.78, 5) is 4.31. The number of fused-ring (bicyclic) bond motifs is 1. The van der Waals surface area contributed by atoms with Crippen LogP contribution in [0.3, 0.4) is 0 Å². The first-order chi connectivity index (χ1) is 9.93. The number of nitrogens with zero attached hydrogens (tertiary/aromatic N) is 1. The van der Waals surface area contributed by atoms with E-state index in [1.807, 2.05) is 18.2 Å². The molecule has 1 aromatic heterocycles. The standard InChI is InChI=1S/C15H20BrN3O2/c1-15(20,5-6-21-2)9-19-14-11-7-10(16)3-4-13(11)18-8-12(14)17/h3-4,7-8,20H,5-6,9,17H2,1-2H3,(H,18,19). The molecular weight excluding hydrogens is 334 g/mol. The second-order valence-corrected chi connectivity index (χ2v) is 6.26. The van der Waals surface area contributed by atoms with E-state index in [1.54, 1.807) is 20.2 Å². The van der Waals surface area contributed by atoms with Crippen LogP contribution in [0.15, 0.2) is 28.9 Å². The number of anilines is 2. The van der Waals surface area contributed by atoms with Crippen molar-refractivity contribution in [2.75, 3.05) is 31.3 Å². The van der Waals surface area contributed by atoms with Gasteiger partial charge in [0.25, 0.3) is 0 Å². The molecule has 0 saturated heterocycles. The van der Waals surface area contributed by atoms with Crippen molar-refractivity contribution in [2.45, 2.75) is 18.9 Å². The Morgan fingerprint density at radius 1 is 1.48 bits per heavy atom. The minimum Gasteiger partial charge on any atom is -0.396 e. The Balaban J connectivity index is 2.25. The average Bonchev–Trinajstić information content (AvgIpc) is 2.44. The molecule has 0 saturated carbocycles. The minimum atomic E-state index is -0.871. The lowest BCUT2D eigenvalue weighted by molar-refractivity contribution is 0.0358. The molecule has 1 aromatic carbocycles. The lowest BCUT2D eigenvalue weighted by Crippen LogP contribution is -2.34. The molecule has 1 unspecified atom stereocenters. The van der Waals surface area contributed by atoms with E-state index in [4.69, 9.17) is 10.5 Å². The van der Waals surface area contributed by atoms with Gasteiger partial charge in [-0.2, -0.15) is 0 Å². The van der Waals surface area contributed by atoms with Crippen molar-refractivity contribution in [1.82, 2.24) is 4.98 Å². The van der Waals surface area contributed by atoms with Gasteiger partial charge in [-0.3, -0.25) is 4.98 Å². The number of nitrogens with two attached hydrogens (primary N) is 1. The maximum Gasteiger partial charge on any atom is 0.0813 e. The van der Waals surface area contributed by atoms with Gasteiger partial charge in [0.05, 0.1) is 28.7 Å². The number of methoxy groups -OCH3 is 1. The Morgan fingerprint density at radius 2 is 2.24 bits per heavy atom. The summed E-state index contributed by atoms with van der Waals surface area (Å²) in [6.07, 6.45) is 2.17.